The van der Waals surface area contributed by atoms with E-state index >= 15 is 0 Å². The summed E-state index contributed by atoms with van der Waals surface area (Å²) in [5.74, 6) is 0.781. The molecule has 3 heterocycles. The molecular formula is C13H14N4O2S. The van der Waals surface area contributed by atoms with Crippen molar-refractivity contribution in [3.8, 4) is 10.8 Å². The summed E-state index contributed by atoms with van der Waals surface area (Å²) in [4.78, 5) is 4.52. The molecule has 20 heavy (non-hydrogen) atoms. The van der Waals surface area contributed by atoms with E-state index < -0.39 is 0 Å². The number of nitrogens with zero attached hydrogens (tertiary/aromatic N) is 4. The van der Waals surface area contributed by atoms with Gasteiger partial charge in [0.25, 0.3) is 0 Å². The molecule has 6 nitrogen and oxygen atoms in total. The SMILES string of the molecule is OCCCc1cn(Cc2csc(-c3ccco3)n2)nn1. The zero-order valence-electron chi connectivity index (χ0n) is 10.8. The minimum Gasteiger partial charge on any atom is -0.462 e. The predicted molar refractivity (Wildman–Crippen MR) is 74.3 cm³/mol. The second-order valence-corrected chi connectivity index (χ2v) is 5.21. The van der Waals surface area contributed by atoms with Gasteiger partial charge in [0.2, 0.25) is 0 Å². The number of aromatic nitrogens is 4. The number of aryl methyl sites for hydroxylation is 1. The molecule has 3 rings (SSSR count). The summed E-state index contributed by atoms with van der Waals surface area (Å²) in [7, 11) is 0. The molecule has 0 aromatic carbocycles. The number of aliphatic hydroxyl groups excluding tert-OH is 1. The van der Waals surface area contributed by atoms with Crippen molar-refractivity contribution in [3.63, 3.8) is 0 Å². The van der Waals surface area contributed by atoms with Crippen LogP contribution in [0.1, 0.15) is 17.8 Å². The van der Waals surface area contributed by atoms with E-state index in [1.165, 1.54) is 0 Å². The molecule has 0 fully saturated rings. The van der Waals surface area contributed by atoms with E-state index in [4.69, 9.17) is 9.52 Å². The maximum absolute atomic E-state index is 8.79. The molecule has 3 aromatic heterocycles. The number of aliphatic hydroxyl groups is 1. The van der Waals surface area contributed by atoms with Crippen molar-refractivity contribution in [2.75, 3.05) is 6.61 Å². The van der Waals surface area contributed by atoms with Gasteiger partial charge in [0, 0.05) is 18.2 Å². The molecular weight excluding hydrogens is 276 g/mol. The maximum atomic E-state index is 8.79. The van der Waals surface area contributed by atoms with Crippen LogP contribution in [0.2, 0.25) is 0 Å². The Morgan fingerprint density at radius 2 is 2.30 bits per heavy atom. The summed E-state index contributed by atoms with van der Waals surface area (Å²) < 4.78 is 7.08. The molecule has 0 saturated heterocycles. The molecule has 0 bridgehead atoms. The van der Waals surface area contributed by atoms with E-state index in [-0.39, 0.29) is 6.61 Å². The van der Waals surface area contributed by atoms with Crippen LogP contribution in [0.4, 0.5) is 0 Å². The van der Waals surface area contributed by atoms with Gasteiger partial charge in [-0.15, -0.1) is 16.4 Å². The summed E-state index contributed by atoms with van der Waals surface area (Å²) in [5.41, 5.74) is 1.82. The number of rotatable bonds is 6. The van der Waals surface area contributed by atoms with Crippen molar-refractivity contribution in [1.82, 2.24) is 20.0 Å². The van der Waals surface area contributed by atoms with Crippen molar-refractivity contribution < 1.29 is 9.52 Å². The van der Waals surface area contributed by atoms with Crippen molar-refractivity contribution in [3.05, 3.63) is 41.4 Å². The first-order chi connectivity index (χ1) is 9.85. The largest absolute Gasteiger partial charge is 0.462 e. The number of hydrogen-bond donors (Lipinski definition) is 1. The van der Waals surface area contributed by atoms with Gasteiger partial charge in [0.15, 0.2) is 10.8 Å². The molecule has 0 atom stereocenters. The summed E-state index contributed by atoms with van der Waals surface area (Å²) in [6, 6.07) is 3.74. The molecule has 3 aromatic rings. The predicted octanol–water partition coefficient (Wildman–Crippen LogP) is 1.97. The van der Waals surface area contributed by atoms with Crippen molar-refractivity contribution in [2.45, 2.75) is 19.4 Å². The lowest BCUT2D eigenvalue weighted by Gasteiger charge is -1.95. The Morgan fingerprint density at radius 1 is 1.35 bits per heavy atom. The van der Waals surface area contributed by atoms with Crippen molar-refractivity contribution >= 4 is 11.3 Å². The lowest BCUT2D eigenvalue weighted by Crippen LogP contribution is -2.00. The highest BCUT2D eigenvalue weighted by molar-refractivity contribution is 7.13. The lowest BCUT2D eigenvalue weighted by atomic mass is 10.3. The minimum atomic E-state index is 0.172. The molecule has 0 aliphatic heterocycles. The molecule has 0 unspecified atom stereocenters. The zero-order chi connectivity index (χ0) is 13.8. The summed E-state index contributed by atoms with van der Waals surface area (Å²) in [5, 5.41) is 19.8. The van der Waals surface area contributed by atoms with Crippen molar-refractivity contribution in [2.24, 2.45) is 0 Å². The maximum Gasteiger partial charge on any atom is 0.162 e. The molecule has 0 radical (unpaired) electrons. The van der Waals surface area contributed by atoms with E-state index in [1.807, 2.05) is 23.7 Å². The first-order valence-corrected chi connectivity index (χ1v) is 7.21. The van der Waals surface area contributed by atoms with E-state index in [0.29, 0.717) is 13.0 Å². The fourth-order valence-corrected chi connectivity index (χ4v) is 2.63. The Hall–Kier alpha value is -1.99. The molecule has 0 aliphatic carbocycles. The minimum absolute atomic E-state index is 0.172. The van der Waals surface area contributed by atoms with Crippen LogP contribution >= 0.6 is 11.3 Å². The van der Waals surface area contributed by atoms with E-state index in [2.05, 4.69) is 15.3 Å². The standard InChI is InChI=1S/C13H14N4O2S/c18-5-1-3-10-7-17(16-15-10)8-11-9-20-13(14-11)12-4-2-6-19-12/h2,4,6-7,9,18H,1,3,5,8H2. The van der Waals surface area contributed by atoms with Crippen LogP contribution in [-0.2, 0) is 13.0 Å². The van der Waals surface area contributed by atoms with Crippen LogP contribution in [0, 0.1) is 0 Å². The van der Waals surface area contributed by atoms with Gasteiger partial charge >= 0.3 is 0 Å². The smallest absolute Gasteiger partial charge is 0.162 e. The van der Waals surface area contributed by atoms with E-state index in [1.54, 1.807) is 22.3 Å². The normalized spacial score (nSPS) is 11.1. The summed E-state index contributed by atoms with van der Waals surface area (Å²) in [6.45, 7) is 0.759. The highest BCUT2D eigenvalue weighted by Crippen LogP contribution is 2.24. The number of hydrogen-bond acceptors (Lipinski definition) is 6. The first-order valence-electron chi connectivity index (χ1n) is 6.33. The third kappa shape index (κ3) is 2.94. The lowest BCUT2D eigenvalue weighted by molar-refractivity contribution is 0.288. The van der Waals surface area contributed by atoms with Crippen LogP contribution in [0.3, 0.4) is 0 Å². The van der Waals surface area contributed by atoms with Gasteiger partial charge in [-0.3, -0.25) is 0 Å². The summed E-state index contributed by atoms with van der Waals surface area (Å²) in [6.07, 6.45) is 4.98. The Bertz CT molecular complexity index is 660. The quantitative estimate of drug-likeness (QED) is 0.751. The fourth-order valence-electron chi connectivity index (χ4n) is 1.85. The second-order valence-electron chi connectivity index (χ2n) is 4.36. The van der Waals surface area contributed by atoms with Crippen LogP contribution in [0.15, 0.2) is 34.4 Å². The summed E-state index contributed by atoms with van der Waals surface area (Å²) >= 11 is 1.55. The van der Waals surface area contributed by atoms with Gasteiger partial charge < -0.3 is 9.52 Å². The monoisotopic (exact) mass is 290 g/mol. The average molecular weight is 290 g/mol. The third-order valence-corrected chi connectivity index (χ3v) is 3.69. The van der Waals surface area contributed by atoms with Gasteiger partial charge in [0.05, 0.1) is 24.2 Å². The van der Waals surface area contributed by atoms with Crippen LogP contribution in [0.25, 0.3) is 10.8 Å². The topological polar surface area (TPSA) is 77.0 Å². The highest BCUT2D eigenvalue weighted by Gasteiger charge is 2.08. The van der Waals surface area contributed by atoms with Gasteiger partial charge in [-0.1, -0.05) is 5.21 Å². The van der Waals surface area contributed by atoms with E-state index in [0.717, 1.165) is 28.6 Å². The molecule has 7 heteroatoms. The Kier molecular flexibility index (Phi) is 3.89. The fraction of sp³-hybridized carbons (Fsp3) is 0.308. The number of furan rings is 1. The molecule has 0 spiro atoms. The van der Waals surface area contributed by atoms with E-state index in [9.17, 15) is 0 Å². The molecule has 0 aliphatic rings. The third-order valence-electron chi connectivity index (χ3n) is 2.78. The van der Waals surface area contributed by atoms with Crippen LogP contribution < -0.4 is 0 Å². The second kappa shape index (κ2) is 5.98. The number of thiazole rings is 1. The van der Waals surface area contributed by atoms with Crippen molar-refractivity contribution in [1.29, 1.82) is 0 Å². The first kappa shape index (κ1) is 13.0. The molecule has 0 amide bonds. The Balaban J connectivity index is 1.67. The average Bonchev–Trinajstić information content (AvgIpc) is 3.18. The Labute approximate surface area is 119 Å². The molecule has 104 valence electrons. The van der Waals surface area contributed by atoms with Gasteiger partial charge in [-0.05, 0) is 25.0 Å². The van der Waals surface area contributed by atoms with Crippen LogP contribution in [0.5, 0.6) is 0 Å². The Morgan fingerprint density at radius 3 is 3.10 bits per heavy atom. The van der Waals surface area contributed by atoms with Gasteiger partial charge in [-0.2, -0.15) is 0 Å². The highest BCUT2D eigenvalue weighted by atomic mass is 32.1. The molecule has 1 N–H and O–H groups in total. The molecule has 0 saturated carbocycles. The van der Waals surface area contributed by atoms with Gasteiger partial charge in [-0.25, -0.2) is 9.67 Å². The van der Waals surface area contributed by atoms with Gasteiger partial charge in [0.1, 0.15) is 0 Å². The zero-order valence-corrected chi connectivity index (χ0v) is 11.6. The van der Waals surface area contributed by atoms with Crippen LogP contribution in [-0.4, -0.2) is 31.7 Å².